The summed E-state index contributed by atoms with van der Waals surface area (Å²) in [5.74, 6) is 2.99. The Hall–Kier alpha value is -1.99. The van der Waals surface area contributed by atoms with Gasteiger partial charge in [0.15, 0.2) is 0 Å². The molecule has 1 aliphatic rings. The highest BCUT2D eigenvalue weighted by atomic mass is 16.5. The number of terminal acetylenes is 1. The zero-order chi connectivity index (χ0) is 13.7. The minimum Gasteiger partial charge on any atom is -0.481 e. The molecule has 100 valence electrons. The molecule has 0 aliphatic heterocycles. The van der Waals surface area contributed by atoms with Crippen LogP contribution in [0.15, 0.2) is 24.3 Å². The van der Waals surface area contributed by atoms with E-state index in [1.165, 1.54) is 0 Å². The van der Waals surface area contributed by atoms with Crippen LogP contribution < -0.4 is 4.74 Å². The van der Waals surface area contributed by atoms with Crippen LogP contribution in [0.5, 0.6) is 5.75 Å². The normalized spacial score (nSPS) is 13.7. The van der Waals surface area contributed by atoms with Crippen LogP contribution in [0.4, 0.5) is 0 Å². The van der Waals surface area contributed by atoms with Gasteiger partial charge in [-0.05, 0) is 37.1 Å². The lowest BCUT2D eigenvalue weighted by atomic mass is 10.2. The lowest BCUT2D eigenvalue weighted by Crippen LogP contribution is -2.35. The van der Waals surface area contributed by atoms with Gasteiger partial charge in [-0.15, -0.1) is 6.42 Å². The largest absolute Gasteiger partial charge is 0.481 e. The SMILES string of the molecule is C#CCOc1ccc(C(=O)N(CCO)C2CC2)cc1. The maximum atomic E-state index is 12.3. The lowest BCUT2D eigenvalue weighted by molar-refractivity contribution is 0.0707. The van der Waals surface area contributed by atoms with Crippen LogP contribution in [-0.2, 0) is 0 Å². The molecule has 19 heavy (non-hydrogen) atoms. The van der Waals surface area contributed by atoms with E-state index in [0.29, 0.717) is 17.9 Å². The van der Waals surface area contributed by atoms with Crippen molar-refractivity contribution in [1.82, 2.24) is 4.90 Å². The van der Waals surface area contributed by atoms with Crippen LogP contribution in [-0.4, -0.2) is 41.7 Å². The second kappa shape index (κ2) is 6.26. The first-order valence-electron chi connectivity index (χ1n) is 6.34. The number of benzene rings is 1. The van der Waals surface area contributed by atoms with Gasteiger partial charge in [-0.25, -0.2) is 0 Å². The number of rotatable bonds is 6. The van der Waals surface area contributed by atoms with E-state index in [1.807, 2.05) is 0 Å². The van der Waals surface area contributed by atoms with E-state index >= 15 is 0 Å². The Kier molecular flexibility index (Phi) is 4.43. The van der Waals surface area contributed by atoms with Gasteiger partial charge in [-0.3, -0.25) is 4.79 Å². The highest BCUT2D eigenvalue weighted by molar-refractivity contribution is 5.94. The zero-order valence-corrected chi connectivity index (χ0v) is 10.7. The van der Waals surface area contributed by atoms with Crippen LogP contribution in [0, 0.1) is 12.3 Å². The Morgan fingerprint density at radius 2 is 2.11 bits per heavy atom. The first-order chi connectivity index (χ1) is 9.26. The van der Waals surface area contributed by atoms with Gasteiger partial charge in [0.05, 0.1) is 6.61 Å². The second-order valence-corrected chi connectivity index (χ2v) is 4.47. The standard InChI is InChI=1S/C15H17NO3/c1-2-11-19-14-7-3-12(4-8-14)15(18)16(9-10-17)13-5-6-13/h1,3-4,7-8,13,17H,5-6,9-11H2. The van der Waals surface area contributed by atoms with Gasteiger partial charge in [0, 0.05) is 18.2 Å². The van der Waals surface area contributed by atoms with Crippen LogP contribution in [0.25, 0.3) is 0 Å². The predicted octanol–water partition coefficient (Wildman–Crippen LogP) is 1.30. The van der Waals surface area contributed by atoms with E-state index < -0.39 is 0 Å². The molecule has 0 unspecified atom stereocenters. The van der Waals surface area contributed by atoms with Crippen LogP contribution in [0.1, 0.15) is 23.2 Å². The van der Waals surface area contributed by atoms with Crippen molar-refractivity contribution in [2.75, 3.05) is 19.8 Å². The Morgan fingerprint density at radius 3 is 2.63 bits per heavy atom. The molecule has 4 heteroatoms. The molecular formula is C15H17NO3. The molecule has 1 fully saturated rings. The van der Waals surface area contributed by atoms with E-state index in [-0.39, 0.29) is 25.2 Å². The first kappa shape index (κ1) is 13.4. The van der Waals surface area contributed by atoms with E-state index in [0.717, 1.165) is 12.8 Å². The number of hydrogen-bond donors (Lipinski definition) is 1. The minimum absolute atomic E-state index is 0.00833. The molecule has 0 heterocycles. The fraction of sp³-hybridized carbons (Fsp3) is 0.400. The van der Waals surface area contributed by atoms with Gasteiger partial charge in [0.2, 0.25) is 0 Å². The third-order valence-electron chi connectivity index (χ3n) is 3.01. The first-order valence-corrected chi connectivity index (χ1v) is 6.34. The fourth-order valence-corrected chi connectivity index (χ4v) is 1.93. The summed E-state index contributed by atoms with van der Waals surface area (Å²) in [6.45, 7) is 0.594. The van der Waals surface area contributed by atoms with E-state index in [4.69, 9.17) is 16.3 Å². The Labute approximate surface area is 113 Å². The number of aliphatic hydroxyl groups is 1. The Bertz CT molecular complexity index is 471. The Morgan fingerprint density at radius 1 is 1.42 bits per heavy atom. The van der Waals surface area contributed by atoms with Crippen molar-refractivity contribution in [2.24, 2.45) is 0 Å². The summed E-state index contributed by atoms with van der Waals surface area (Å²) < 4.78 is 5.26. The molecule has 0 spiro atoms. The van der Waals surface area contributed by atoms with Crippen molar-refractivity contribution >= 4 is 5.91 Å². The third kappa shape index (κ3) is 3.49. The quantitative estimate of drug-likeness (QED) is 0.783. The molecule has 1 aliphatic carbocycles. The summed E-state index contributed by atoms with van der Waals surface area (Å²) in [5.41, 5.74) is 0.605. The third-order valence-corrected chi connectivity index (χ3v) is 3.01. The molecule has 0 bridgehead atoms. The number of ether oxygens (including phenoxy) is 1. The smallest absolute Gasteiger partial charge is 0.254 e. The molecule has 0 atom stereocenters. The molecule has 0 radical (unpaired) electrons. The highest BCUT2D eigenvalue weighted by Gasteiger charge is 2.32. The summed E-state index contributed by atoms with van der Waals surface area (Å²) >= 11 is 0. The molecule has 1 aromatic rings. The molecule has 1 saturated carbocycles. The molecule has 2 rings (SSSR count). The van der Waals surface area contributed by atoms with Crippen molar-refractivity contribution in [3.63, 3.8) is 0 Å². The van der Waals surface area contributed by atoms with Gasteiger partial charge >= 0.3 is 0 Å². The van der Waals surface area contributed by atoms with Gasteiger partial charge in [-0.1, -0.05) is 5.92 Å². The monoisotopic (exact) mass is 259 g/mol. The molecule has 1 amide bonds. The molecule has 0 saturated heterocycles. The lowest BCUT2D eigenvalue weighted by Gasteiger charge is -2.21. The summed E-state index contributed by atoms with van der Waals surface area (Å²) in [7, 11) is 0. The van der Waals surface area contributed by atoms with Crippen molar-refractivity contribution in [1.29, 1.82) is 0 Å². The number of aliphatic hydroxyl groups excluding tert-OH is 1. The molecule has 4 nitrogen and oxygen atoms in total. The number of carbonyl (C=O) groups is 1. The van der Waals surface area contributed by atoms with E-state index in [9.17, 15) is 4.79 Å². The van der Waals surface area contributed by atoms with Crippen LogP contribution >= 0.6 is 0 Å². The zero-order valence-electron chi connectivity index (χ0n) is 10.7. The average molecular weight is 259 g/mol. The molecule has 1 aromatic carbocycles. The Balaban J connectivity index is 2.03. The van der Waals surface area contributed by atoms with Gasteiger partial charge < -0.3 is 14.7 Å². The number of hydrogen-bond acceptors (Lipinski definition) is 3. The second-order valence-electron chi connectivity index (χ2n) is 4.47. The van der Waals surface area contributed by atoms with Crippen molar-refractivity contribution < 1.29 is 14.6 Å². The minimum atomic E-state index is -0.0416. The fourth-order valence-electron chi connectivity index (χ4n) is 1.93. The molecule has 1 N–H and O–H groups in total. The maximum Gasteiger partial charge on any atom is 0.254 e. The number of amides is 1. The van der Waals surface area contributed by atoms with Crippen LogP contribution in [0.2, 0.25) is 0 Å². The summed E-state index contributed by atoms with van der Waals surface area (Å²) in [6.07, 6.45) is 7.15. The average Bonchev–Trinajstić information content (AvgIpc) is 3.27. The van der Waals surface area contributed by atoms with E-state index in [1.54, 1.807) is 29.2 Å². The number of nitrogens with zero attached hydrogens (tertiary/aromatic N) is 1. The van der Waals surface area contributed by atoms with Gasteiger partial charge in [0.1, 0.15) is 12.4 Å². The highest BCUT2D eigenvalue weighted by Crippen LogP contribution is 2.28. The maximum absolute atomic E-state index is 12.3. The van der Waals surface area contributed by atoms with Crippen molar-refractivity contribution in [3.05, 3.63) is 29.8 Å². The predicted molar refractivity (Wildman–Crippen MR) is 71.9 cm³/mol. The topological polar surface area (TPSA) is 49.8 Å². The van der Waals surface area contributed by atoms with E-state index in [2.05, 4.69) is 5.92 Å². The summed E-state index contributed by atoms with van der Waals surface area (Å²) in [4.78, 5) is 14.0. The molecule has 0 aromatic heterocycles. The summed E-state index contributed by atoms with van der Waals surface area (Å²) in [6, 6.07) is 7.20. The number of carbonyl (C=O) groups excluding carboxylic acids is 1. The van der Waals surface area contributed by atoms with Crippen molar-refractivity contribution in [3.8, 4) is 18.1 Å². The van der Waals surface area contributed by atoms with Crippen LogP contribution in [0.3, 0.4) is 0 Å². The summed E-state index contributed by atoms with van der Waals surface area (Å²) in [5, 5.41) is 9.02. The van der Waals surface area contributed by atoms with Crippen molar-refractivity contribution in [2.45, 2.75) is 18.9 Å². The van der Waals surface area contributed by atoms with Gasteiger partial charge in [0.25, 0.3) is 5.91 Å². The molecular weight excluding hydrogens is 242 g/mol. The van der Waals surface area contributed by atoms with Gasteiger partial charge in [-0.2, -0.15) is 0 Å².